The molecule has 3 heteroatoms. The minimum absolute atomic E-state index is 0. The third-order valence-electron chi connectivity index (χ3n) is 2.47. The first-order chi connectivity index (χ1) is 6.84. The van der Waals surface area contributed by atoms with Crippen molar-refractivity contribution in [3.8, 4) is 0 Å². The quantitative estimate of drug-likeness (QED) is 0.651. The van der Waals surface area contributed by atoms with Gasteiger partial charge in [-0.25, -0.2) is 0 Å². The summed E-state index contributed by atoms with van der Waals surface area (Å²) in [5.74, 6) is 0. The molecule has 1 fully saturated rings. The standard InChI is InChI=1S/C12H15N2.Y/c1-10-5-4-8-12(9-10)14-13-11-6-2-3-7-11;/h4,8-9,14H,2-3,6-7H2,1H3;/q-1;. The molecule has 2 nitrogen and oxygen atoms in total. The zero-order chi connectivity index (χ0) is 9.80. The van der Waals surface area contributed by atoms with Crippen LogP contribution >= 0.6 is 0 Å². The predicted octanol–water partition coefficient (Wildman–Crippen LogP) is 3.13. The number of hydrogen-bond acceptors (Lipinski definition) is 2. The summed E-state index contributed by atoms with van der Waals surface area (Å²) in [5.41, 5.74) is 6.59. The SMILES string of the molecule is Cc1[c-]ccc(NN=C2CCCC2)c1.[Y]. The van der Waals surface area contributed by atoms with Gasteiger partial charge in [-0.3, -0.25) is 0 Å². The number of anilines is 1. The Morgan fingerprint density at radius 1 is 1.33 bits per heavy atom. The Balaban J connectivity index is 0.00000112. The van der Waals surface area contributed by atoms with Crippen LogP contribution in [-0.4, -0.2) is 5.71 Å². The fourth-order valence-electron chi connectivity index (χ4n) is 1.69. The van der Waals surface area contributed by atoms with E-state index in [1.165, 1.54) is 18.6 Å². The van der Waals surface area contributed by atoms with Crippen LogP contribution in [-0.2, 0) is 32.7 Å². The summed E-state index contributed by atoms with van der Waals surface area (Å²) in [6, 6.07) is 9.08. The van der Waals surface area contributed by atoms with Crippen molar-refractivity contribution in [1.29, 1.82) is 0 Å². The molecule has 1 aliphatic carbocycles. The summed E-state index contributed by atoms with van der Waals surface area (Å²) in [7, 11) is 0. The number of nitrogens with one attached hydrogen (secondary N) is 1. The van der Waals surface area contributed by atoms with Crippen LogP contribution in [0.15, 0.2) is 23.3 Å². The van der Waals surface area contributed by atoms with Crippen molar-refractivity contribution in [3.05, 3.63) is 29.8 Å². The topological polar surface area (TPSA) is 24.4 Å². The van der Waals surface area contributed by atoms with Crippen molar-refractivity contribution in [3.63, 3.8) is 0 Å². The largest absolute Gasteiger partial charge is 0.303 e. The number of benzene rings is 1. The first-order valence-corrected chi connectivity index (χ1v) is 5.14. The summed E-state index contributed by atoms with van der Waals surface area (Å²) >= 11 is 0. The molecule has 0 saturated heterocycles. The molecular weight excluding hydrogens is 261 g/mol. The van der Waals surface area contributed by atoms with E-state index >= 15 is 0 Å². The number of aryl methyl sites for hydroxylation is 1. The van der Waals surface area contributed by atoms with E-state index in [1.807, 2.05) is 19.1 Å². The minimum Gasteiger partial charge on any atom is -0.303 e. The molecule has 1 aromatic carbocycles. The van der Waals surface area contributed by atoms with E-state index in [-0.39, 0.29) is 32.7 Å². The molecule has 0 spiro atoms. The smallest absolute Gasteiger partial charge is 0.0381 e. The second-order valence-corrected chi connectivity index (χ2v) is 3.76. The zero-order valence-corrected chi connectivity index (χ0v) is 11.9. The summed E-state index contributed by atoms with van der Waals surface area (Å²) in [4.78, 5) is 0. The van der Waals surface area contributed by atoms with Crippen LogP contribution < -0.4 is 5.43 Å². The van der Waals surface area contributed by atoms with Crippen LogP contribution in [0.3, 0.4) is 0 Å². The maximum absolute atomic E-state index is 4.39. The van der Waals surface area contributed by atoms with Crippen LogP contribution in [0.4, 0.5) is 5.69 Å². The molecule has 2 rings (SSSR count). The Bertz CT molecular complexity index is 339. The summed E-state index contributed by atoms with van der Waals surface area (Å²) in [6.07, 6.45) is 4.90. The molecule has 15 heavy (non-hydrogen) atoms. The van der Waals surface area contributed by atoms with E-state index in [1.54, 1.807) is 0 Å². The monoisotopic (exact) mass is 276 g/mol. The van der Waals surface area contributed by atoms with E-state index in [2.05, 4.69) is 22.7 Å². The van der Waals surface area contributed by atoms with Crippen LogP contribution in [0.5, 0.6) is 0 Å². The average molecular weight is 276 g/mol. The van der Waals surface area contributed by atoms with Gasteiger partial charge in [-0.1, -0.05) is 12.6 Å². The molecule has 0 aliphatic heterocycles. The normalized spacial score (nSPS) is 14.6. The van der Waals surface area contributed by atoms with Crippen molar-refractivity contribution in [2.24, 2.45) is 5.10 Å². The van der Waals surface area contributed by atoms with Crippen molar-refractivity contribution in [2.45, 2.75) is 32.6 Å². The van der Waals surface area contributed by atoms with Gasteiger partial charge in [0.05, 0.1) is 0 Å². The Kier molecular flexibility index (Phi) is 5.48. The molecule has 1 aromatic rings. The van der Waals surface area contributed by atoms with Gasteiger partial charge >= 0.3 is 0 Å². The predicted molar refractivity (Wildman–Crippen MR) is 59.5 cm³/mol. The van der Waals surface area contributed by atoms with Gasteiger partial charge in [0.15, 0.2) is 0 Å². The Hall–Kier alpha value is -0.206. The fourth-order valence-corrected chi connectivity index (χ4v) is 1.69. The summed E-state index contributed by atoms with van der Waals surface area (Å²) < 4.78 is 0. The molecule has 1 saturated carbocycles. The second-order valence-electron chi connectivity index (χ2n) is 3.76. The third kappa shape index (κ3) is 4.04. The third-order valence-corrected chi connectivity index (χ3v) is 2.47. The Labute approximate surface area is 116 Å². The van der Waals surface area contributed by atoms with Gasteiger partial charge in [0, 0.05) is 38.4 Å². The molecule has 1 aliphatic rings. The van der Waals surface area contributed by atoms with Crippen molar-refractivity contribution >= 4 is 11.4 Å². The molecule has 77 valence electrons. The summed E-state index contributed by atoms with van der Waals surface area (Å²) in [5, 5.41) is 4.39. The van der Waals surface area contributed by atoms with Crippen LogP contribution in [0.1, 0.15) is 31.2 Å². The summed E-state index contributed by atoms with van der Waals surface area (Å²) in [6.45, 7) is 2.04. The van der Waals surface area contributed by atoms with Crippen molar-refractivity contribution in [2.75, 3.05) is 5.43 Å². The number of hydrogen-bond donors (Lipinski definition) is 1. The second kappa shape index (κ2) is 6.39. The molecular formula is C12H15N2Y-. The number of nitrogens with zero attached hydrogens (tertiary/aromatic N) is 1. The molecule has 1 radical (unpaired) electrons. The zero-order valence-electron chi connectivity index (χ0n) is 9.09. The Morgan fingerprint density at radius 2 is 2.07 bits per heavy atom. The van der Waals surface area contributed by atoms with E-state index in [0.29, 0.717) is 0 Å². The van der Waals surface area contributed by atoms with Crippen LogP contribution in [0.2, 0.25) is 0 Å². The Morgan fingerprint density at radius 3 is 2.73 bits per heavy atom. The van der Waals surface area contributed by atoms with Crippen molar-refractivity contribution < 1.29 is 32.7 Å². The fraction of sp³-hybridized carbons (Fsp3) is 0.417. The maximum Gasteiger partial charge on any atom is 0.0381 e. The van der Waals surface area contributed by atoms with Gasteiger partial charge < -0.3 is 5.43 Å². The van der Waals surface area contributed by atoms with Gasteiger partial charge in [0.1, 0.15) is 0 Å². The number of hydrazone groups is 1. The van der Waals surface area contributed by atoms with E-state index < -0.39 is 0 Å². The molecule has 1 N–H and O–H groups in total. The van der Waals surface area contributed by atoms with E-state index in [9.17, 15) is 0 Å². The first kappa shape index (κ1) is 12.9. The van der Waals surface area contributed by atoms with Gasteiger partial charge in [0.2, 0.25) is 0 Å². The molecule has 0 bridgehead atoms. The molecule has 0 unspecified atom stereocenters. The number of rotatable bonds is 2. The van der Waals surface area contributed by atoms with Crippen molar-refractivity contribution in [1.82, 2.24) is 0 Å². The van der Waals surface area contributed by atoms with Gasteiger partial charge in [-0.2, -0.15) is 22.8 Å². The molecule has 0 atom stereocenters. The van der Waals surface area contributed by atoms with E-state index in [0.717, 1.165) is 24.1 Å². The average Bonchev–Trinajstić information content (AvgIpc) is 2.67. The van der Waals surface area contributed by atoms with E-state index in [4.69, 9.17) is 0 Å². The molecule has 0 heterocycles. The van der Waals surface area contributed by atoms with Crippen LogP contribution in [0, 0.1) is 13.0 Å². The maximum atomic E-state index is 4.39. The first-order valence-electron chi connectivity index (χ1n) is 5.14. The molecule has 0 aromatic heterocycles. The van der Waals surface area contributed by atoms with Gasteiger partial charge in [0.25, 0.3) is 0 Å². The van der Waals surface area contributed by atoms with Crippen LogP contribution in [0.25, 0.3) is 0 Å². The minimum atomic E-state index is 0. The molecule has 0 amide bonds. The van der Waals surface area contributed by atoms with Gasteiger partial charge in [-0.15, -0.1) is 12.1 Å². The van der Waals surface area contributed by atoms with Gasteiger partial charge in [-0.05, 0) is 25.7 Å².